The lowest BCUT2D eigenvalue weighted by Crippen LogP contribution is -2.38. The van der Waals surface area contributed by atoms with E-state index in [1.54, 1.807) is 35.9 Å². The van der Waals surface area contributed by atoms with Gasteiger partial charge in [-0.15, -0.1) is 0 Å². The molecule has 0 atom stereocenters. The van der Waals surface area contributed by atoms with Crippen molar-refractivity contribution in [3.05, 3.63) is 54.3 Å². The van der Waals surface area contributed by atoms with Crippen molar-refractivity contribution in [1.82, 2.24) is 42.7 Å². The molecule has 4 heterocycles. The maximum atomic E-state index is 12.5. The first-order valence-electron chi connectivity index (χ1n) is 9.66. The lowest BCUT2D eigenvalue weighted by molar-refractivity contribution is 0.565. The Morgan fingerprint density at radius 1 is 0.677 bits per heavy atom. The fraction of sp³-hybridized carbons (Fsp3) is 0.444. The molecular weight excluding hydrogens is 406 g/mol. The van der Waals surface area contributed by atoms with Crippen LogP contribution in [0.15, 0.2) is 31.8 Å². The van der Waals surface area contributed by atoms with Gasteiger partial charge >= 0.3 is 11.4 Å². The smallest absolute Gasteiger partial charge is 0.323 e. The number of hydrogen-bond acceptors (Lipinski definition) is 7. The molecule has 0 unspecified atom stereocenters. The van der Waals surface area contributed by atoms with E-state index in [9.17, 15) is 19.2 Å². The molecule has 164 valence electrons. The average Bonchev–Trinajstić information content (AvgIpc) is 3.38. The normalized spacial score (nSPS) is 11.7. The highest BCUT2D eigenvalue weighted by Gasteiger charge is 2.15. The van der Waals surface area contributed by atoms with Crippen molar-refractivity contribution in [2.45, 2.75) is 13.1 Å². The molecular formula is C18H23N9O4. The van der Waals surface area contributed by atoms with Crippen LogP contribution >= 0.6 is 0 Å². The van der Waals surface area contributed by atoms with Gasteiger partial charge in [0.2, 0.25) is 0 Å². The van der Waals surface area contributed by atoms with E-state index < -0.39 is 11.4 Å². The number of imidazole rings is 2. The summed E-state index contributed by atoms with van der Waals surface area (Å²) >= 11 is 0. The van der Waals surface area contributed by atoms with Crippen LogP contribution in [0.3, 0.4) is 0 Å². The van der Waals surface area contributed by atoms with E-state index in [2.05, 4.69) is 15.3 Å². The molecule has 13 nitrogen and oxygen atoms in total. The minimum atomic E-state index is -0.419. The van der Waals surface area contributed by atoms with Crippen LogP contribution in [-0.2, 0) is 41.3 Å². The molecule has 4 aromatic heterocycles. The number of rotatable bonds is 6. The summed E-state index contributed by atoms with van der Waals surface area (Å²) in [6, 6.07) is 0. The van der Waals surface area contributed by atoms with E-state index in [0.717, 1.165) is 9.13 Å². The Bertz CT molecular complexity index is 1430. The van der Waals surface area contributed by atoms with Gasteiger partial charge in [-0.3, -0.25) is 27.9 Å². The van der Waals surface area contributed by atoms with Crippen molar-refractivity contribution >= 4 is 22.3 Å². The SMILES string of the molecule is Cn1c(=O)c2c(ncn2CCNCCn2cnc3c2c(=O)n(C)c(=O)n3C)n(C)c1=O. The van der Waals surface area contributed by atoms with Crippen LogP contribution in [0.4, 0.5) is 0 Å². The van der Waals surface area contributed by atoms with Crippen LogP contribution in [0.5, 0.6) is 0 Å². The molecule has 0 amide bonds. The van der Waals surface area contributed by atoms with E-state index >= 15 is 0 Å². The van der Waals surface area contributed by atoms with E-state index in [1.165, 1.54) is 23.2 Å². The summed E-state index contributed by atoms with van der Waals surface area (Å²) in [7, 11) is 6.04. The highest BCUT2D eigenvalue weighted by Crippen LogP contribution is 2.06. The first-order chi connectivity index (χ1) is 14.7. The molecule has 0 radical (unpaired) electrons. The number of fused-ring (bicyclic) bond motifs is 2. The van der Waals surface area contributed by atoms with E-state index in [1.807, 2.05) is 0 Å². The van der Waals surface area contributed by atoms with Gasteiger partial charge in [0.15, 0.2) is 22.3 Å². The Morgan fingerprint density at radius 3 is 1.45 bits per heavy atom. The van der Waals surface area contributed by atoms with Crippen molar-refractivity contribution in [1.29, 1.82) is 0 Å². The first kappa shape index (κ1) is 20.5. The first-order valence-corrected chi connectivity index (χ1v) is 9.66. The van der Waals surface area contributed by atoms with Gasteiger partial charge in [-0.1, -0.05) is 0 Å². The molecule has 0 aliphatic carbocycles. The maximum absolute atomic E-state index is 12.5. The molecule has 4 aromatic rings. The monoisotopic (exact) mass is 429 g/mol. The second-order valence-corrected chi connectivity index (χ2v) is 7.38. The Labute approximate surface area is 174 Å². The molecule has 0 saturated heterocycles. The summed E-state index contributed by atoms with van der Waals surface area (Å²) in [5, 5.41) is 3.26. The molecule has 31 heavy (non-hydrogen) atoms. The molecule has 0 aliphatic heterocycles. The van der Waals surface area contributed by atoms with Crippen LogP contribution in [0.25, 0.3) is 22.3 Å². The largest absolute Gasteiger partial charge is 0.332 e. The molecule has 0 fully saturated rings. The third-order valence-electron chi connectivity index (χ3n) is 5.49. The van der Waals surface area contributed by atoms with Crippen molar-refractivity contribution in [3.63, 3.8) is 0 Å². The van der Waals surface area contributed by atoms with Crippen LogP contribution in [-0.4, -0.2) is 50.5 Å². The third kappa shape index (κ3) is 3.13. The fourth-order valence-electron chi connectivity index (χ4n) is 3.66. The summed E-state index contributed by atoms with van der Waals surface area (Å²) in [4.78, 5) is 57.4. The van der Waals surface area contributed by atoms with E-state index in [-0.39, 0.29) is 11.1 Å². The van der Waals surface area contributed by atoms with Gasteiger partial charge in [0, 0.05) is 54.4 Å². The van der Waals surface area contributed by atoms with Crippen molar-refractivity contribution in [3.8, 4) is 0 Å². The predicted octanol–water partition coefficient (Wildman–Crippen LogP) is -2.53. The lowest BCUT2D eigenvalue weighted by Gasteiger charge is -2.09. The molecule has 0 bridgehead atoms. The standard InChI is InChI=1S/C18H23N9O4/c1-22-13-11(15(28)24(3)17(22)30)26(9-20-13)7-5-19-6-8-27-10-21-14-12(27)16(29)25(4)18(31)23(14)2/h9-10,19H,5-8H2,1-4H3. The molecule has 4 rings (SSSR count). The van der Waals surface area contributed by atoms with Crippen molar-refractivity contribution in [2.24, 2.45) is 28.2 Å². The van der Waals surface area contributed by atoms with Gasteiger partial charge in [-0.05, 0) is 0 Å². The van der Waals surface area contributed by atoms with E-state index in [4.69, 9.17) is 0 Å². The molecule has 13 heteroatoms. The maximum Gasteiger partial charge on any atom is 0.332 e. The zero-order valence-electron chi connectivity index (χ0n) is 17.7. The highest BCUT2D eigenvalue weighted by atomic mass is 16.2. The second kappa shape index (κ2) is 7.50. The highest BCUT2D eigenvalue weighted by molar-refractivity contribution is 5.70. The third-order valence-corrected chi connectivity index (χ3v) is 5.49. The van der Waals surface area contributed by atoms with Crippen LogP contribution in [0.1, 0.15) is 0 Å². The van der Waals surface area contributed by atoms with Crippen LogP contribution in [0.2, 0.25) is 0 Å². The summed E-state index contributed by atoms with van der Waals surface area (Å²) in [6.45, 7) is 2.04. The minimum absolute atomic E-state index is 0.347. The zero-order valence-corrected chi connectivity index (χ0v) is 17.7. The molecule has 1 N–H and O–H groups in total. The summed E-state index contributed by atoms with van der Waals surface area (Å²) in [6.07, 6.45) is 3.08. The fourth-order valence-corrected chi connectivity index (χ4v) is 3.66. The predicted molar refractivity (Wildman–Crippen MR) is 113 cm³/mol. The Balaban J connectivity index is 1.47. The lowest BCUT2D eigenvalue weighted by atomic mass is 10.4. The molecule has 0 spiro atoms. The van der Waals surface area contributed by atoms with Gasteiger partial charge in [-0.2, -0.15) is 0 Å². The average molecular weight is 429 g/mol. The number of aryl methyl sites for hydroxylation is 2. The van der Waals surface area contributed by atoms with Gasteiger partial charge in [-0.25, -0.2) is 19.6 Å². The van der Waals surface area contributed by atoms with E-state index in [0.29, 0.717) is 48.5 Å². The summed E-state index contributed by atoms with van der Waals surface area (Å²) in [5.74, 6) is 0. The Hall–Kier alpha value is -3.74. The quantitative estimate of drug-likeness (QED) is 0.334. The number of nitrogens with one attached hydrogen (secondary N) is 1. The van der Waals surface area contributed by atoms with Crippen LogP contribution < -0.4 is 27.8 Å². The molecule has 0 aromatic carbocycles. The van der Waals surface area contributed by atoms with Crippen LogP contribution in [0, 0.1) is 0 Å². The molecule has 0 aliphatic rings. The van der Waals surface area contributed by atoms with Gasteiger partial charge < -0.3 is 14.5 Å². The number of aromatic nitrogens is 8. The Morgan fingerprint density at radius 2 is 1.06 bits per heavy atom. The molecule has 0 saturated carbocycles. The summed E-state index contributed by atoms with van der Waals surface area (Å²) in [5.41, 5.74) is -0.176. The minimum Gasteiger partial charge on any atom is -0.323 e. The summed E-state index contributed by atoms with van der Waals surface area (Å²) < 4.78 is 8.24. The number of hydrogen-bond donors (Lipinski definition) is 1. The van der Waals surface area contributed by atoms with Crippen molar-refractivity contribution in [2.75, 3.05) is 13.1 Å². The van der Waals surface area contributed by atoms with Crippen molar-refractivity contribution < 1.29 is 0 Å². The second-order valence-electron chi connectivity index (χ2n) is 7.38. The van der Waals surface area contributed by atoms with Gasteiger partial charge in [0.25, 0.3) is 11.1 Å². The number of nitrogens with zero attached hydrogens (tertiary/aromatic N) is 8. The Kier molecular flexibility index (Phi) is 4.97. The van der Waals surface area contributed by atoms with Gasteiger partial charge in [0.1, 0.15) is 0 Å². The van der Waals surface area contributed by atoms with Gasteiger partial charge in [0.05, 0.1) is 12.7 Å². The zero-order chi connectivity index (χ0) is 22.4. The topological polar surface area (TPSA) is 136 Å².